The fraction of sp³-hybridized carbons (Fsp3) is 0.750. The highest BCUT2D eigenvalue weighted by atomic mass is 16.3. The zero-order valence-corrected chi connectivity index (χ0v) is 20.1. The number of hydrogen-bond acceptors (Lipinski definition) is 8. The van der Waals surface area contributed by atoms with Gasteiger partial charge in [0.2, 0.25) is 0 Å². The summed E-state index contributed by atoms with van der Waals surface area (Å²) in [5, 5.41) is 29.4. The van der Waals surface area contributed by atoms with Gasteiger partial charge in [0, 0.05) is 64.4 Å². The van der Waals surface area contributed by atoms with E-state index >= 15 is 0 Å². The third-order valence-electron chi connectivity index (χ3n) is 6.75. The molecule has 0 spiro atoms. The summed E-state index contributed by atoms with van der Waals surface area (Å²) >= 11 is 0. The molecule has 0 saturated carbocycles. The predicted molar refractivity (Wildman–Crippen MR) is 128 cm³/mol. The molecule has 3 heterocycles. The quantitative estimate of drug-likeness (QED) is 0.624. The molecule has 2 aliphatic rings. The van der Waals surface area contributed by atoms with E-state index in [1.54, 1.807) is 0 Å². The number of aliphatic hydroxyl groups is 2. The number of pyridine rings is 1. The molecule has 8 heteroatoms. The lowest BCUT2D eigenvalue weighted by Crippen LogP contribution is -2.55. The van der Waals surface area contributed by atoms with Gasteiger partial charge in [0.05, 0.1) is 17.8 Å². The molecule has 0 amide bonds. The van der Waals surface area contributed by atoms with Crippen LogP contribution in [0.1, 0.15) is 46.1 Å². The van der Waals surface area contributed by atoms with Crippen molar-refractivity contribution in [3.8, 4) is 6.07 Å². The zero-order valence-electron chi connectivity index (χ0n) is 20.1. The van der Waals surface area contributed by atoms with Crippen molar-refractivity contribution in [1.29, 1.82) is 5.26 Å². The van der Waals surface area contributed by atoms with E-state index in [4.69, 9.17) is 4.98 Å². The molecule has 0 bridgehead atoms. The lowest BCUT2D eigenvalue weighted by Gasteiger charge is -2.43. The molecular formula is C24H40N6O2. The first kappa shape index (κ1) is 24.7. The normalized spacial score (nSPS) is 24.9. The lowest BCUT2D eigenvalue weighted by atomic mass is 10.1. The Kier molecular flexibility index (Phi) is 8.72. The Bertz CT molecular complexity index is 780. The van der Waals surface area contributed by atoms with Crippen molar-refractivity contribution in [1.82, 2.24) is 14.8 Å². The summed E-state index contributed by atoms with van der Waals surface area (Å²) in [6, 6.07) is 6.93. The number of anilines is 2. The molecule has 4 unspecified atom stereocenters. The Hall–Kier alpha value is -1.92. The molecule has 0 aromatic carbocycles. The minimum Gasteiger partial charge on any atom is -0.392 e. The van der Waals surface area contributed by atoms with Gasteiger partial charge >= 0.3 is 0 Å². The van der Waals surface area contributed by atoms with Crippen molar-refractivity contribution >= 4 is 11.6 Å². The van der Waals surface area contributed by atoms with Gasteiger partial charge < -0.3 is 20.0 Å². The van der Waals surface area contributed by atoms with Gasteiger partial charge in [0.15, 0.2) is 0 Å². The molecule has 2 aliphatic heterocycles. The molecule has 4 atom stereocenters. The van der Waals surface area contributed by atoms with Crippen LogP contribution in [-0.4, -0.2) is 102 Å². The van der Waals surface area contributed by atoms with Crippen molar-refractivity contribution in [2.45, 2.75) is 64.8 Å². The van der Waals surface area contributed by atoms with E-state index in [0.717, 1.165) is 63.7 Å². The number of β-amino-alcohol motifs (C(OH)–C–C–N with tert-alkyl or cyclic N) is 2. The molecule has 32 heavy (non-hydrogen) atoms. The third kappa shape index (κ3) is 5.90. The van der Waals surface area contributed by atoms with Crippen LogP contribution in [0.5, 0.6) is 0 Å². The predicted octanol–water partition coefficient (Wildman–Crippen LogP) is 1.52. The standard InChI is InChI=1S/C24H40N6O2/c1-5-21-16-29(11-9-27(21)14-18(3)31)23-8-7-20(13-25)24(26-23)30-12-10-28(15-19(4)32)22(6-2)17-30/h7-8,18-19,21-22,31-32H,5-6,9-12,14-17H2,1-4H3. The van der Waals surface area contributed by atoms with Crippen LogP contribution in [-0.2, 0) is 0 Å². The largest absolute Gasteiger partial charge is 0.392 e. The van der Waals surface area contributed by atoms with Crippen LogP contribution < -0.4 is 9.80 Å². The van der Waals surface area contributed by atoms with Crippen LogP contribution in [0.3, 0.4) is 0 Å². The Balaban J connectivity index is 1.77. The second kappa shape index (κ2) is 11.3. The molecule has 2 saturated heterocycles. The Morgan fingerprint density at radius 3 is 1.97 bits per heavy atom. The number of aliphatic hydroxyl groups excluding tert-OH is 2. The lowest BCUT2D eigenvalue weighted by molar-refractivity contribution is 0.0882. The summed E-state index contributed by atoms with van der Waals surface area (Å²) in [4.78, 5) is 14.3. The van der Waals surface area contributed by atoms with Gasteiger partial charge in [0.1, 0.15) is 17.7 Å². The maximum absolute atomic E-state index is 9.84. The number of aromatic nitrogens is 1. The SMILES string of the molecule is CCC1CN(c2ccc(C#N)c(N3CCN(CC(C)O)C(CC)C3)n2)CCN1CC(C)O. The number of nitriles is 1. The van der Waals surface area contributed by atoms with Gasteiger partial charge in [-0.3, -0.25) is 9.80 Å². The van der Waals surface area contributed by atoms with E-state index in [2.05, 4.69) is 39.5 Å². The molecule has 178 valence electrons. The fourth-order valence-corrected chi connectivity index (χ4v) is 5.06. The Morgan fingerprint density at radius 2 is 1.47 bits per heavy atom. The molecule has 1 aromatic rings. The highest BCUT2D eigenvalue weighted by molar-refractivity contribution is 5.59. The fourth-order valence-electron chi connectivity index (χ4n) is 5.06. The van der Waals surface area contributed by atoms with Crippen molar-refractivity contribution in [2.75, 3.05) is 62.2 Å². The molecule has 1 aromatic heterocycles. The second-order valence-corrected chi connectivity index (χ2v) is 9.36. The minimum absolute atomic E-state index is 0.325. The van der Waals surface area contributed by atoms with Gasteiger partial charge in [0.25, 0.3) is 0 Å². The second-order valence-electron chi connectivity index (χ2n) is 9.36. The summed E-state index contributed by atoms with van der Waals surface area (Å²) in [7, 11) is 0. The minimum atomic E-state index is -0.342. The maximum Gasteiger partial charge on any atom is 0.149 e. The van der Waals surface area contributed by atoms with Gasteiger partial charge in [-0.2, -0.15) is 5.26 Å². The highest BCUT2D eigenvalue weighted by Crippen LogP contribution is 2.27. The molecule has 2 fully saturated rings. The summed E-state index contributed by atoms with van der Waals surface area (Å²) in [5.74, 6) is 1.70. The van der Waals surface area contributed by atoms with E-state index in [-0.39, 0.29) is 12.2 Å². The molecule has 3 rings (SSSR count). The van der Waals surface area contributed by atoms with E-state index in [0.29, 0.717) is 30.7 Å². The van der Waals surface area contributed by atoms with E-state index in [9.17, 15) is 15.5 Å². The van der Waals surface area contributed by atoms with E-state index in [1.807, 2.05) is 26.0 Å². The zero-order chi connectivity index (χ0) is 23.3. The van der Waals surface area contributed by atoms with Crippen molar-refractivity contribution in [3.05, 3.63) is 17.7 Å². The monoisotopic (exact) mass is 444 g/mol. The first-order chi connectivity index (χ1) is 15.4. The van der Waals surface area contributed by atoms with Gasteiger partial charge in [-0.05, 0) is 38.8 Å². The van der Waals surface area contributed by atoms with Crippen LogP contribution >= 0.6 is 0 Å². The molecular weight excluding hydrogens is 404 g/mol. The smallest absolute Gasteiger partial charge is 0.149 e. The molecule has 2 N–H and O–H groups in total. The van der Waals surface area contributed by atoms with Crippen LogP contribution in [0.4, 0.5) is 11.6 Å². The summed E-state index contributed by atoms with van der Waals surface area (Å²) in [5.41, 5.74) is 0.618. The van der Waals surface area contributed by atoms with Crippen molar-refractivity contribution in [2.24, 2.45) is 0 Å². The van der Waals surface area contributed by atoms with Crippen LogP contribution in [0.2, 0.25) is 0 Å². The first-order valence-corrected chi connectivity index (χ1v) is 12.1. The van der Waals surface area contributed by atoms with E-state index in [1.165, 1.54) is 0 Å². The highest BCUT2D eigenvalue weighted by Gasteiger charge is 2.30. The summed E-state index contributed by atoms with van der Waals surface area (Å²) in [6.07, 6.45) is 1.35. The molecule has 8 nitrogen and oxygen atoms in total. The van der Waals surface area contributed by atoms with E-state index < -0.39 is 0 Å². The average Bonchev–Trinajstić information content (AvgIpc) is 2.78. The van der Waals surface area contributed by atoms with Crippen LogP contribution in [0, 0.1) is 11.3 Å². The Labute approximate surface area is 193 Å². The van der Waals surface area contributed by atoms with Gasteiger partial charge in [-0.25, -0.2) is 4.98 Å². The summed E-state index contributed by atoms with van der Waals surface area (Å²) in [6.45, 7) is 14.5. The van der Waals surface area contributed by atoms with Gasteiger partial charge in [-0.15, -0.1) is 0 Å². The first-order valence-electron chi connectivity index (χ1n) is 12.1. The van der Waals surface area contributed by atoms with Crippen molar-refractivity contribution < 1.29 is 10.2 Å². The maximum atomic E-state index is 9.84. The Morgan fingerprint density at radius 1 is 0.938 bits per heavy atom. The molecule has 0 aliphatic carbocycles. The number of nitrogens with zero attached hydrogens (tertiary/aromatic N) is 6. The van der Waals surface area contributed by atoms with Crippen LogP contribution in [0.15, 0.2) is 12.1 Å². The number of piperazine rings is 2. The summed E-state index contributed by atoms with van der Waals surface area (Å²) < 4.78 is 0. The number of rotatable bonds is 8. The molecule has 0 radical (unpaired) electrons. The van der Waals surface area contributed by atoms with Gasteiger partial charge in [-0.1, -0.05) is 13.8 Å². The van der Waals surface area contributed by atoms with Crippen LogP contribution in [0.25, 0.3) is 0 Å². The third-order valence-corrected chi connectivity index (χ3v) is 6.75. The number of hydrogen-bond donors (Lipinski definition) is 2. The topological polar surface area (TPSA) is 90.1 Å². The van der Waals surface area contributed by atoms with Crippen molar-refractivity contribution in [3.63, 3.8) is 0 Å². The average molecular weight is 445 g/mol.